The van der Waals surface area contributed by atoms with Gasteiger partial charge in [-0.1, -0.05) is 36.4 Å². The van der Waals surface area contributed by atoms with Crippen molar-refractivity contribution in [2.75, 3.05) is 13.6 Å². The summed E-state index contributed by atoms with van der Waals surface area (Å²) in [5, 5.41) is 3.09. The fourth-order valence-corrected chi connectivity index (χ4v) is 2.15. The Morgan fingerprint density at radius 1 is 1.10 bits per heavy atom. The summed E-state index contributed by atoms with van der Waals surface area (Å²) in [7, 11) is 1.89. The third-order valence-electron chi connectivity index (χ3n) is 3.24. The van der Waals surface area contributed by atoms with Crippen LogP contribution in [-0.2, 0) is 12.8 Å². The highest BCUT2D eigenvalue weighted by Crippen LogP contribution is 2.14. The Hall–Kier alpha value is -2.00. The first-order chi connectivity index (χ1) is 9.70. The van der Waals surface area contributed by atoms with E-state index in [-0.39, 0.29) is 11.6 Å². The van der Waals surface area contributed by atoms with Gasteiger partial charge in [-0.25, -0.2) is 4.39 Å². The van der Waals surface area contributed by atoms with Crippen LogP contribution in [-0.4, -0.2) is 19.4 Å². The molecule has 0 aliphatic carbocycles. The van der Waals surface area contributed by atoms with Gasteiger partial charge in [0.15, 0.2) is 5.78 Å². The predicted molar refractivity (Wildman–Crippen MR) is 78.5 cm³/mol. The molecular weight excluding hydrogens is 253 g/mol. The van der Waals surface area contributed by atoms with E-state index < -0.39 is 0 Å². The van der Waals surface area contributed by atoms with Crippen molar-refractivity contribution in [1.82, 2.24) is 5.32 Å². The van der Waals surface area contributed by atoms with Crippen LogP contribution in [0.1, 0.15) is 21.5 Å². The van der Waals surface area contributed by atoms with Crippen LogP contribution in [0.25, 0.3) is 0 Å². The second kappa shape index (κ2) is 6.96. The van der Waals surface area contributed by atoms with Gasteiger partial charge in [-0.2, -0.15) is 0 Å². The molecule has 0 aliphatic rings. The van der Waals surface area contributed by atoms with Gasteiger partial charge >= 0.3 is 0 Å². The molecule has 0 saturated heterocycles. The Bertz CT molecular complexity index is 578. The normalized spacial score (nSPS) is 10.5. The quantitative estimate of drug-likeness (QED) is 0.818. The lowest BCUT2D eigenvalue weighted by molar-refractivity contribution is 0.0992. The summed E-state index contributed by atoms with van der Waals surface area (Å²) in [5.41, 5.74) is 2.64. The van der Waals surface area contributed by atoms with Gasteiger partial charge in [0.25, 0.3) is 0 Å². The molecule has 0 saturated carbocycles. The SMILES string of the molecule is CNCCc1ccccc1C(=O)Cc1ccc(F)cc1. The van der Waals surface area contributed by atoms with E-state index in [4.69, 9.17) is 0 Å². The zero-order valence-corrected chi connectivity index (χ0v) is 11.5. The molecule has 0 fully saturated rings. The lowest BCUT2D eigenvalue weighted by Gasteiger charge is -2.08. The Labute approximate surface area is 118 Å². The number of Topliss-reactive ketones (excluding diaryl/α,β-unsaturated/α-hetero) is 1. The fourth-order valence-electron chi connectivity index (χ4n) is 2.15. The van der Waals surface area contributed by atoms with E-state index in [0.717, 1.165) is 29.7 Å². The Morgan fingerprint density at radius 2 is 1.80 bits per heavy atom. The molecule has 2 aromatic carbocycles. The average Bonchev–Trinajstić information content (AvgIpc) is 2.47. The summed E-state index contributed by atoms with van der Waals surface area (Å²) in [6.07, 6.45) is 1.12. The molecule has 2 aromatic rings. The van der Waals surface area contributed by atoms with Gasteiger partial charge in [0.1, 0.15) is 5.82 Å². The third-order valence-corrected chi connectivity index (χ3v) is 3.24. The predicted octanol–water partition coefficient (Wildman–Crippen LogP) is 3.01. The van der Waals surface area contributed by atoms with Gasteiger partial charge in [-0.15, -0.1) is 0 Å². The molecular formula is C17H18FNO. The standard InChI is InChI=1S/C17H18FNO/c1-19-11-10-14-4-2-3-5-16(14)17(20)12-13-6-8-15(18)9-7-13/h2-9,19H,10-12H2,1H3. The largest absolute Gasteiger partial charge is 0.319 e. The molecule has 2 rings (SSSR count). The smallest absolute Gasteiger partial charge is 0.167 e. The van der Waals surface area contributed by atoms with Gasteiger partial charge in [0, 0.05) is 12.0 Å². The maximum absolute atomic E-state index is 12.9. The highest BCUT2D eigenvalue weighted by atomic mass is 19.1. The van der Waals surface area contributed by atoms with E-state index in [0.29, 0.717) is 6.42 Å². The van der Waals surface area contributed by atoms with Crippen molar-refractivity contribution in [3.05, 3.63) is 71.0 Å². The number of hydrogen-bond acceptors (Lipinski definition) is 2. The molecule has 0 aliphatic heterocycles. The van der Waals surface area contributed by atoms with Crippen LogP contribution in [0.4, 0.5) is 4.39 Å². The van der Waals surface area contributed by atoms with Crippen molar-refractivity contribution in [2.24, 2.45) is 0 Å². The molecule has 0 unspecified atom stereocenters. The molecule has 0 amide bonds. The van der Waals surface area contributed by atoms with Gasteiger partial charge in [0.05, 0.1) is 0 Å². The molecule has 2 nitrogen and oxygen atoms in total. The number of halogens is 1. The summed E-state index contributed by atoms with van der Waals surface area (Å²) in [4.78, 5) is 12.4. The molecule has 0 radical (unpaired) electrons. The number of ketones is 1. The second-order valence-electron chi connectivity index (χ2n) is 4.74. The minimum Gasteiger partial charge on any atom is -0.319 e. The van der Waals surface area contributed by atoms with Crippen molar-refractivity contribution in [3.63, 3.8) is 0 Å². The summed E-state index contributed by atoms with van der Waals surface area (Å²) >= 11 is 0. The summed E-state index contributed by atoms with van der Waals surface area (Å²) in [6, 6.07) is 13.7. The zero-order chi connectivity index (χ0) is 14.4. The van der Waals surface area contributed by atoms with Crippen molar-refractivity contribution in [1.29, 1.82) is 0 Å². The maximum atomic E-state index is 12.9. The molecule has 0 aromatic heterocycles. The molecule has 1 N–H and O–H groups in total. The van der Waals surface area contributed by atoms with Crippen LogP contribution in [0.3, 0.4) is 0 Å². The van der Waals surface area contributed by atoms with Crippen LogP contribution < -0.4 is 5.32 Å². The first-order valence-corrected chi connectivity index (χ1v) is 6.71. The van der Waals surface area contributed by atoms with E-state index in [1.165, 1.54) is 12.1 Å². The van der Waals surface area contributed by atoms with Crippen LogP contribution in [0.5, 0.6) is 0 Å². The topological polar surface area (TPSA) is 29.1 Å². The van der Waals surface area contributed by atoms with Crippen LogP contribution >= 0.6 is 0 Å². The lowest BCUT2D eigenvalue weighted by Crippen LogP contribution is -2.14. The summed E-state index contributed by atoms with van der Waals surface area (Å²) in [5.74, 6) is -0.209. The Kier molecular flexibility index (Phi) is 5.02. The Morgan fingerprint density at radius 3 is 2.50 bits per heavy atom. The highest BCUT2D eigenvalue weighted by molar-refractivity contribution is 5.98. The van der Waals surface area contributed by atoms with Crippen molar-refractivity contribution < 1.29 is 9.18 Å². The first-order valence-electron chi connectivity index (χ1n) is 6.71. The van der Waals surface area contributed by atoms with Crippen LogP contribution in [0.15, 0.2) is 48.5 Å². The highest BCUT2D eigenvalue weighted by Gasteiger charge is 2.11. The van der Waals surface area contributed by atoms with Gasteiger partial charge in [-0.05, 0) is 43.3 Å². The number of hydrogen-bond donors (Lipinski definition) is 1. The number of carbonyl (C=O) groups excluding carboxylic acids is 1. The number of likely N-dealkylation sites (N-methyl/N-ethyl adjacent to an activating group) is 1. The Balaban J connectivity index is 2.14. The minimum absolute atomic E-state index is 0.0725. The zero-order valence-electron chi connectivity index (χ0n) is 11.5. The van der Waals surface area contributed by atoms with Crippen LogP contribution in [0, 0.1) is 5.82 Å². The molecule has 104 valence electrons. The number of rotatable bonds is 6. The van der Waals surface area contributed by atoms with Crippen LogP contribution in [0.2, 0.25) is 0 Å². The molecule has 3 heteroatoms. The molecule has 20 heavy (non-hydrogen) atoms. The number of carbonyl (C=O) groups is 1. The average molecular weight is 271 g/mol. The number of benzene rings is 2. The van der Waals surface area contributed by atoms with E-state index in [2.05, 4.69) is 5.32 Å². The van der Waals surface area contributed by atoms with E-state index in [1.807, 2.05) is 31.3 Å². The van der Waals surface area contributed by atoms with Gasteiger partial charge < -0.3 is 5.32 Å². The maximum Gasteiger partial charge on any atom is 0.167 e. The van der Waals surface area contributed by atoms with E-state index in [9.17, 15) is 9.18 Å². The molecule has 0 bridgehead atoms. The van der Waals surface area contributed by atoms with Gasteiger partial charge in [0.2, 0.25) is 0 Å². The van der Waals surface area contributed by atoms with E-state index >= 15 is 0 Å². The van der Waals surface area contributed by atoms with E-state index in [1.54, 1.807) is 12.1 Å². The second-order valence-corrected chi connectivity index (χ2v) is 4.74. The lowest BCUT2D eigenvalue weighted by atomic mass is 9.97. The molecule has 0 heterocycles. The monoisotopic (exact) mass is 271 g/mol. The van der Waals surface area contributed by atoms with Gasteiger partial charge in [-0.3, -0.25) is 4.79 Å². The third kappa shape index (κ3) is 3.75. The molecule has 0 atom stereocenters. The minimum atomic E-state index is -0.282. The van der Waals surface area contributed by atoms with Crippen molar-refractivity contribution in [3.8, 4) is 0 Å². The fraction of sp³-hybridized carbons (Fsp3) is 0.235. The first kappa shape index (κ1) is 14.4. The molecule has 0 spiro atoms. The summed E-state index contributed by atoms with van der Waals surface area (Å²) < 4.78 is 12.9. The van der Waals surface area contributed by atoms with Crippen molar-refractivity contribution in [2.45, 2.75) is 12.8 Å². The summed E-state index contributed by atoms with van der Waals surface area (Å²) in [6.45, 7) is 0.834. The van der Waals surface area contributed by atoms with Crippen molar-refractivity contribution >= 4 is 5.78 Å². The number of nitrogens with one attached hydrogen (secondary N) is 1.